The Bertz CT molecular complexity index is 451. The summed E-state index contributed by atoms with van der Waals surface area (Å²) in [6, 6.07) is 5.40. The smallest absolute Gasteiger partial charge is 0.212 e. The van der Waals surface area contributed by atoms with Gasteiger partial charge in [-0.1, -0.05) is 6.07 Å². The Balaban J connectivity index is 2.49. The van der Waals surface area contributed by atoms with E-state index in [9.17, 15) is 8.42 Å². The maximum absolute atomic E-state index is 11.2. The van der Waals surface area contributed by atoms with Gasteiger partial charge in [-0.3, -0.25) is 0 Å². The monoisotopic (exact) mass is 274 g/mol. The van der Waals surface area contributed by atoms with Gasteiger partial charge in [0.05, 0.1) is 19.7 Å². The highest BCUT2D eigenvalue weighted by molar-refractivity contribution is 9.47. The van der Waals surface area contributed by atoms with Gasteiger partial charge < -0.3 is 0 Å². The summed E-state index contributed by atoms with van der Waals surface area (Å²) in [6.07, 6.45) is 4.47. The Kier molecular flexibility index (Phi) is 2.66. The van der Waals surface area contributed by atoms with Gasteiger partial charge in [0.1, 0.15) is 0 Å². The minimum atomic E-state index is -3.22. The maximum atomic E-state index is 11.2. The SMILES string of the molecule is O=S(=O)(Br)c1ccc2c(c1)CCCC2. The van der Waals surface area contributed by atoms with Gasteiger partial charge in [0.25, 0.3) is 0 Å². The van der Waals surface area contributed by atoms with E-state index in [4.69, 9.17) is 0 Å². The number of halogens is 1. The first-order valence-corrected chi connectivity index (χ1v) is 7.96. The molecule has 76 valence electrons. The topological polar surface area (TPSA) is 34.1 Å². The van der Waals surface area contributed by atoms with Crippen LogP contribution in [0.2, 0.25) is 0 Å². The third-order valence-electron chi connectivity index (χ3n) is 2.60. The lowest BCUT2D eigenvalue weighted by molar-refractivity contribution is 0.610. The summed E-state index contributed by atoms with van der Waals surface area (Å²) in [4.78, 5) is 0.373. The first kappa shape index (κ1) is 10.2. The molecule has 0 saturated carbocycles. The molecule has 4 heteroatoms. The van der Waals surface area contributed by atoms with Gasteiger partial charge in [0, 0.05) is 0 Å². The largest absolute Gasteiger partial charge is 0.237 e. The molecule has 2 rings (SSSR count). The second-order valence-electron chi connectivity index (χ2n) is 3.58. The lowest BCUT2D eigenvalue weighted by atomic mass is 9.92. The van der Waals surface area contributed by atoms with Crippen LogP contribution in [0, 0.1) is 0 Å². The Morgan fingerprint density at radius 2 is 1.71 bits per heavy atom. The van der Waals surface area contributed by atoms with Gasteiger partial charge in [-0.25, -0.2) is 8.42 Å². The predicted octanol–water partition coefficient (Wildman–Crippen LogP) is 2.65. The Morgan fingerprint density at radius 3 is 2.36 bits per heavy atom. The molecule has 1 aromatic rings. The van der Waals surface area contributed by atoms with E-state index in [1.165, 1.54) is 24.0 Å². The second-order valence-corrected chi connectivity index (χ2v) is 7.48. The third-order valence-corrected chi connectivity index (χ3v) is 4.54. The summed E-state index contributed by atoms with van der Waals surface area (Å²) in [6.45, 7) is 0. The van der Waals surface area contributed by atoms with Crippen molar-refractivity contribution in [2.75, 3.05) is 0 Å². The van der Waals surface area contributed by atoms with Crippen molar-refractivity contribution in [1.82, 2.24) is 0 Å². The molecule has 0 aromatic heterocycles. The average Bonchev–Trinajstić information content (AvgIpc) is 2.16. The fourth-order valence-corrected chi connectivity index (χ4v) is 2.98. The molecule has 0 aliphatic heterocycles. The molecule has 0 heterocycles. The van der Waals surface area contributed by atoms with Crippen molar-refractivity contribution in [2.45, 2.75) is 30.6 Å². The Morgan fingerprint density at radius 1 is 1.07 bits per heavy atom. The van der Waals surface area contributed by atoms with E-state index >= 15 is 0 Å². The van der Waals surface area contributed by atoms with Crippen molar-refractivity contribution in [3.63, 3.8) is 0 Å². The van der Waals surface area contributed by atoms with Crippen LogP contribution in [0.25, 0.3) is 0 Å². The van der Waals surface area contributed by atoms with Crippen LogP contribution in [-0.4, -0.2) is 8.42 Å². The zero-order valence-electron chi connectivity index (χ0n) is 7.66. The molecule has 0 amide bonds. The molecule has 0 bridgehead atoms. The van der Waals surface area contributed by atoms with Crippen LogP contribution in [0.3, 0.4) is 0 Å². The molecule has 0 saturated heterocycles. The summed E-state index contributed by atoms with van der Waals surface area (Å²) in [7, 11) is -3.22. The quantitative estimate of drug-likeness (QED) is 0.738. The van der Waals surface area contributed by atoms with E-state index in [0.29, 0.717) is 4.90 Å². The Hall–Kier alpha value is -0.350. The van der Waals surface area contributed by atoms with Crippen molar-refractivity contribution in [3.05, 3.63) is 29.3 Å². The first-order chi connectivity index (χ1) is 6.57. The molecule has 0 fully saturated rings. The van der Waals surface area contributed by atoms with Gasteiger partial charge in [-0.15, -0.1) is 0 Å². The number of fused-ring (bicyclic) bond motifs is 1. The van der Waals surface area contributed by atoms with Crippen molar-refractivity contribution < 1.29 is 8.42 Å². The summed E-state index contributed by atoms with van der Waals surface area (Å²) in [5.74, 6) is 0. The molecular formula is C10H11BrO2S. The molecule has 0 unspecified atom stereocenters. The normalized spacial score (nSPS) is 16.4. The summed E-state index contributed by atoms with van der Waals surface area (Å²) in [5.41, 5.74) is 2.49. The van der Waals surface area contributed by atoms with Gasteiger partial charge >= 0.3 is 0 Å². The van der Waals surface area contributed by atoms with Crippen molar-refractivity contribution in [1.29, 1.82) is 0 Å². The van der Waals surface area contributed by atoms with Gasteiger partial charge in [-0.05, 0) is 48.9 Å². The van der Waals surface area contributed by atoms with Crippen LogP contribution in [0.15, 0.2) is 23.1 Å². The van der Waals surface area contributed by atoms with E-state index in [1.807, 2.05) is 6.07 Å². The fourth-order valence-electron chi connectivity index (χ4n) is 1.86. The highest BCUT2D eigenvalue weighted by atomic mass is 79.9. The zero-order chi connectivity index (χ0) is 10.2. The lowest BCUT2D eigenvalue weighted by Crippen LogP contribution is -2.03. The lowest BCUT2D eigenvalue weighted by Gasteiger charge is -2.15. The number of rotatable bonds is 1. The number of hydrogen-bond donors (Lipinski definition) is 0. The highest BCUT2D eigenvalue weighted by Crippen LogP contribution is 2.25. The van der Waals surface area contributed by atoms with Crippen LogP contribution in [0.4, 0.5) is 0 Å². The molecule has 14 heavy (non-hydrogen) atoms. The van der Waals surface area contributed by atoms with Crippen molar-refractivity contribution >= 4 is 23.1 Å². The number of benzene rings is 1. The van der Waals surface area contributed by atoms with E-state index in [-0.39, 0.29) is 0 Å². The third kappa shape index (κ3) is 2.01. The zero-order valence-corrected chi connectivity index (χ0v) is 10.1. The van der Waals surface area contributed by atoms with Crippen molar-refractivity contribution in [2.24, 2.45) is 0 Å². The van der Waals surface area contributed by atoms with Crippen LogP contribution in [0.1, 0.15) is 24.0 Å². The molecule has 1 aromatic carbocycles. The minimum Gasteiger partial charge on any atom is -0.212 e. The molecule has 1 aliphatic carbocycles. The van der Waals surface area contributed by atoms with E-state index in [0.717, 1.165) is 12.8 Å². The maximum Gasteiger partial charge on any atom is 0.237 e. The standard InChI is InChI=1S/C10H11BrO2S/c11-14(12,13)10-6-5-8-3-1-2-4-9(8)7-10/h5-7H,1-4H2. The Labute approximate surface area is 91.5 Å². The molecule has 0 spiro atoms. The first-order valence-electron chi connectivity index (χ1n) is 4.64. The van der Waals surface area contributed by atoms with Gasteiger partial charge in [0.15, 0.2) is 0 Å². The minimum absolute atomic E-state index is 0.373. The van der Waals surface area contributed by atoms with E-state index < -0.39 is 8.27 Å². The predicted molar refractivity (Wildman–Crippen MR) is 59.2 cm³/mol. The number of aryl methyl sites for hydroxylation is 2. The molecule has 1 aliphatic rings. The molecular weight excluding hydrogens is 264 g/mol. The molecule has 0 atom stereocenters. The summed E-state index contributed by atoms with van der Waals surface area (Å²) in [5, 5.41) is 0. The van der Waals surface area contributed by atoms with Gasteiger partial charge in [0.2, 0.25) is 8.27 Å². The van der Waals surface area contributed by atoms with Gasteiger partial charge in [-0.2, -0.15) is 0 Å². The molecule has 0 N–H and O–H groups in total. The fraction of sp³-hybridized carbons (Fsp3) is 0.400. The van der Waals surface area contributed by atoms with E-state index in [1.54, 1.807) is 12.1 Å². The van der Waals surface area contributed by atoms with Crippen LogP contribution in [0.5, 0.6) is 0 Å². The average molecular weight is 275 g/mol. The number of hydrogen-bond acceptors (Lipinski definition) is 2. The van der Waals surface area contributed by atoms with Crippen LogP contribution < -0.4 is 0 Å². The molecule has 2 nitrogen and oxygen atoms in total. The van der Waals surface area contributed by atoms with Crippen LogP contribution in [-0.2, 0) is 21.1 Å². The van der Waals surface area contributed by atoms with Crippen molar-refractivity contribution in [3.8, 4) is 0 Å². The summed E-state index contributed by atoms with van der Waals surface area (Å²) >= 11 is 2.69. The van der Waals surface area contributed by atoms with Crippen LogP contribution >= 0.6 is 14.8 Å². The van der Waals surface area contributed by atoms with E-state index in [2.05, 4.69) is 14.8 Å². The molecule has 0 radical (unpaired) electrons. The summed E-state index contributed by atoms with van der Waals surface area (Å²) < 4.78 is 22.5. The highest BCUT2D eigenvalue weighted by Gasteiger charge is 2.14. The second kappa shape index (κ2) is 3.66.